The summed E-state index contributed by atoms with van der Waals surface area (Å²) in [5.41, 5.74) is 0. The molecule has 0 saturated carbocycles. The second kappa shape index (κ2) is 17.5. The van der Waals surface area contributed by atoms with Crippen LogP contribution < -0.4 is 0 Å². The molecule has 0 aliphatic carbocycles. The fraction of sp³-hybridized carbons (Fsp3) is 0.810. The maximum atomic E-state index is 11.7. The molecular weight excluding hydrogens is 316 g/mol. The maximum absolute atomic E-state index is 11.7. The van der Waals surface area contributed by atoms with Crippen LogP contribution in [-0.2, 0) is 19.1 Å². The van der Waals surface area contributed by atoms with E-state index >= 15 is 0 Å². The molecule has 1 unspecified atom stereocenters. The predicted octanol–water partition coefficient (Wildman–Crippen LogP) is 5.74. The topological polar surface area (TPSA) is 52.6 Å². The fourth-order valence-electron chi connectivity index (χ4n) is 2.44. The molecular formula is C21H38O4. The summed E-state index contributed by atoms with van der Waals surface area (Å²) in [6.07, 6.45) is 15.4. The van der Waals surface area contributed by atoms with Gasteiger partial charge < -0.3 is 9.47 Å². The minimum Gasteiger partial charge on any atom is -0.466 e. The lowest BCUT2D eigenvalue weighted by Crippen LogP contribution is -2.16. The first-order valence-electron chi connectivity index (χ1n) is 10.1. The van der Waals surface area contributed by atoms with Crippen LogP contribution in [0.2, 0.25) is 0 Å². The highest BCUT2D eigenvalue weighted by Crippen LogP contribution is 2.08. The van der Waals surface area contributed by atoms with Gasteiger partial charge in [0.1, 0.15) is 0 Å². The van der Waals surface area contributed by atoms with E-state index in [0.717, 1.165) is 44.9 Å². The molecule has 146 valence electrons. The van der Waals surface area contributed by atoms with Crippen LogP contribution in [0.1, 0.15) is 97.8 Å². The predicted molar refractivity (Wildman–Crippen MR) is 102 cm³/mol. The quantitative estimate of drug-likeness (QED) is 0.201. The summed E-state index contributed by atoms with van der Waals surface area (Å²) in [6.45, 7) is 6.67. The zero-order valence-corrected chi connectivity index (χ0v) is 16.6. The van der Waals surface area contributed by atoms with Crippen LogP contribution in [0.3, 0.4) is 0 Å². The molecule has 25 heavy (non-hydrogen) atoms. The largest absolute Gasteiger partial charge is 0.466 e. The van der Waals surface area contributed by atoms with E-state index in [1.54, 1.807) is 0 Å². The lowest BCUT2D eigenvalue weighted by Gasteiger charge is -2.12. The summed E-state index contributed by atoms with van der Waals surface area (Å²) in [5.74, 6) is -0.626. The number of rotatable bonds is 16. The van der Waals surface area contributed by atoms with Crippen molar-refractivity contribution in [2.45, 2.75) is 104 Å². The Kier molecular flexibility index (Phi) is 16.6. The van der Waals surface area contributed by atoms with Crippen molar-refractivity contribution in [3.8, 4) is 0 Å². The van der Waals surface area contributed by atoms with Crippen LogP contribution in [0, 0.1) is 0 Å². The number of unbranched alkanes of at least 4 members (excludes halogenated alkanes) is 6. The Hall–Kier alpha value is -1.32. The van der Waals surface area contributed by atoms with E-state index in [-0.39, 0.29) is 30.9 Å². The van der Waals surface area contributed by atoms with Crippen LogP contribution in [-0.4, -0.2) is 24.6 Å². The molecule has 4 nitrogen and oxygen atoms in total. The Labute approximate surface area is 154 Å². The van der Waals surface area contributed by atoms with Crippen molar-refractivity contribution in [3.05, 3.63) is 12.2 Å². The number of hydrogen-bond acceptors (Lipinski definition) is 4. The molecule has 0 aromatic carbocycles. The smallest absolute Gasteiger partial charge is 0.306 e. The van der Waals surface area contributed by atoms with E-state index in [0.29, 0.717) is 6.61 Å². The normalized spacial score (nSPS) is 12.3. The molecule has 0 rings (SSSR count). The molecule has 0 bridgehead atoms. The van der Waals surface area contributed by atoms with E-state index in [4.69, 9.17) is 9.47 Å². The highest BCUT2D eigenvalue weighted by Gasteiger charge is 2.12. The number of hydrogen-bond donors (Lipinski definition) is 0. The van der Waals surface area contributed by atoms with Crippen molar-refractivity contribution < 1.29 is 19.1 Å². The molecule has 4 heteroatoms. The molecule has 1 atom stereocenters. The van der Waals surface area contributed by atoms with E-state index in [2.05, 4.69) is 26.0 Å². The van der Waals surface area contributed by atoms with E-state index in [1.165, 1.54) is 19.3 Å². The summed E-state index contributed by atoms with van der Waals surface area (Å²) in [6, 6.07) is 0. The number of esters is 2. The molecule has 0 aromatic heterocycles. The van der Waals surface area contributed by atoms with Gasteiger partial charge in [0, 0.05) is 0 Å². The average Bonchev–Trinajstić information content (AvgIpc) is 2.58. The standard InChI is InChI=1S/C21H38O4/c1-4-6-8-9-10-11-12-14-18-24-20(22)16-17-21(23)25-19(3)15-13-7-5-2/h10-11,19H,4-9,12-18H2,1-3H3/b11-10+. The van der Waals surface area contributed by atoms with Crippen molar-refractivity contribution in [3.63, 3.8) is 0 Å². The zero-order valence-electron chi connectivity index (χ0n) is 16.6. The van der Waals surface area contributed by atoms with Crippen LogP contribution in [0.25, 0.3) is 0 Å². The third kappa shape index (κ3) is 17.3. The minimum atomic E-state index is -0.317. The van der Waals surface area contributed by atoms with Gasteiger partial charge in [0.2, 0.25) is 0 Å². The summed E-state index contributed by atoms with van der Waals surface area (Å²) < 4.78 is 10.4. The van der Waals surface area contributed by atoms with Crippen molar-refractivity contribution >= 4 is 11.9 Å². The van der Waals surface area contributed by atoms with Gasteiger partial charge in [-0.3, -0.25) is 9.59 Å². The van der Waals surface area contributed by atoms with Gasteiger partial charge in [0.25, 0.3) is 0 Å². The van der Waals surface area contributed by atoms with Gasteiger partial charge in [-0.2, -0.15) is 0 Å². The van der Waals surface area contributed by atoms with E-state index in [1.807, 2.05) is 6.92 Å². The third-order valence-electron chi connectivity index (χ3n) is 4.00. The molecule has 0 fully saturated rings. The first-order valence-corrected chi connectivity index (χ1v) is 10.1. The van der Waals surface area contributed by atoms with Gasteiger partial charge in [-0.25, -0.2) is 0 Å². The molecule has 0 amide bonds. The first kappa shape index (κ1) is 23.7. The van der Waals surface area contributed by atoms with Crippen molar-refractivity contribution in [2.75, 3.05) is 6.61 Å². The Balaban J connectivity index is 3.55. The summed E-state index contributed by atoms with van der Waals surface area (Å²) in [7, 11) is 0. The van der Waals surface area contributed by atoms with Gasteiger partial charge in [-0.1, -0.05) is 51.7 Å². The van der Waals surface area contributed by atoms with Gasteiger partial charge in [-0.05, 0) is 45.4 Å². The molecule has 0 spiro atoms. The summed E-state index contributed by atoms with van der Waals surface area (Å²) in [5, 5.41) is 0. The fourth-order valence-corrected chi connectivity index (χ4v) is 2.44. The van der Waals surface area contributed by atoms with Crippen LogP contribution >= 0.6 is 0 Å². The van der Waals surface area contributed by atoms with E-state index < -0.39 is 0 Å². The van der Waals surface area contributed by atoms with Gasteiger partial charge in [0.05, 0.1) is 25.6 Å². The van der Waals surface area contributed by atoms with Gasteiger partial charge in [0.15, 0.2) is 0 Å². The lowest BCUT2D eigenvalue weighted by molar-refractivity contribution is -0.153. The maximum Gasteiger partial charge on any atom is 0.306 e. The molecule has 0 aliphatic heterocycles. The molecule has 0 N–H and O–H groups in total. The highest BCUT2D eigenvalue weighted by molar-refractivity contribution is 5.77. The van der Waals surface area contributed by atoms with Gasteiger partial charge >= 0.3 is 11.9 Å². The second-order valence-corrected chi connectivity index (χ2v) is 6.63. The lowest BCUT2D eigenvalue weighted by atomic mass is 10.1. The van der Waals surface area contributed by atoms with Crippen LogP contribution in [0.5, 0.6) is 0 Å². The Morgan fingerprint density at radius 1 is 0.840 bits per heavy atom. The number of allylic oxidation sites excluding steroid dienone is 2. The summed E-state index contributed by atoms with van der Waals surface area (Å²) >= 11 is 0. The van der Waals surface area contributed by atoms with Crippen molar-refractivity contribution in [1.82, 2.24) is 0 Å². The number of carbonyl (C=O) groups excluding carboxylic acids is 2. The van der Waals surface area contributed by atoms with Crippen molar-refractivity contribution in [2.24, 2.45) is 0 Å². The first-order chi connectivity index (χ1) is 12.1. The van der Waals surface area contributed by atoms with Crippen LogP contribution in [0.4, 0.5) is 0 Å². The number of ether oxygens (including phenoxy) is 2. The minimum absolute atomic E-state index is 0.0702. The third-order valence-corrected chi connectivity index (χ3v) is 4.00. The molecule has 0 heterocycles. The molecule has 0 radical (unpaired) electrons. The monoisotopic (exact) mass is 354 g/mol. The number of carbonyl (C=O) groups is 2. The Bertz CT molecular complexity index is 363. The highest BCUT2D eigenvalue weighted by atomic mass is 16.5. The Morgan fingerprint density at radius 2 is 1.44 bits per heavy atom. The molecule has 0 aromatic rings. The summed E-state index contributed by atoms with van der Waals surface area (Å²) in [4.78, 5) is 23.3. The van der Waals surface area contributed by atoms with E-state index in [9.17, 15) is 9.59 Å². The Morgan fingerprint density at radius 3 is 2.12 bits per heavy atom. The molecule has 0 saturated heterocycles. The van der Waals surface area contributed by atoms with Gasteiger partial charge in [-0.15, -0.1) is 0 Å². The van der Waals surface area contributed by atoms with Crippen LogP contribution in [0.15, 0.2) is 12.2 Å². The average molecular weight is 355 g/mol. The molecule has 0 aliphatic rings. The van der Waals surface area contributed by atoms with Crippen molar-refractivity contribution in [1.29, 1.82) is 0 Å². The SMILES string of the molecule is CCCCC/C=C/CCCOC(=O)CCC(=O)OC(C)CCCCC. The second-order valence-electron chi connectivity index (χ2n) is 6.63. The zero-order chi connectivity index (χ0) is 18.8.